The van der Waals surface area contributed by atoms with E-state index in [0.29, 0.717) is 19.4 Å². The van der Waals surface area contributed by atoms with Gasteiger partial charge in [-0.25, -0.2) is 8.78 Å². The molecule has 0 saturated heterocycles. The molecule has 0 aliphatic heterocycles. The Hall–Kier alpha value is -2.76. The summed E-state index contributed by atoms with van der Waals surface area (Å²) in [4.78, 5) is 26.8. The van der Waals surface area contributed by atoms with E-state index in [-0.39, 0.29) is 11.6 Å². The number of anilines is 1. The largest absolute Gasteiger partial charge is 0.340 e. The molecule has 1 aliphatic rings. The molecular weight excluding hydrogens is 326 g/mol. The smallest absolute Gasteiger partial charge is 0.240 e. The normalized spacial score (nSPS) is 14.7. The van der Waals surface area contributed by atoms with E-state index in [0.717, 1.165) is 17.7 Å². The molecule has 1 N–H and O–H groups in total. The van der Waals surface area contributed by atoms with Gasteiger partial charge in [-0.2, -0.15) is 0 Å². The zero-order valence-electron chi connectivity index (χ0n) is 13.8. The van der Waals surface area contributed by atoms with Crippen molar-refractivity contribution in [2.24, 2.45) is 5.41 Å². The van der Waals surface area contributed by atoms with Crippen LogP contribution in [0.1, 0.15) is 18.4 Å². The van der Waals surface area contributed by atoms with Crippen molar-refractivity contribution in [3.8, 4) is 0 Å². The van der Waals surface area contributed by atoms with Crippen LogP contribution in [0.3, 0.4) is 0 Å². The van der Waals surface area contributed by atoms with E-state index in [9.17, 15) is 18.4 Å². The number of amides is 2. The Kier molecular flexibility index (Phi) is 4.53. The average Bonchev–Trinajstić information content (AvgIpc) is 3.40. The molecule has 0 atom stereocenters. The first kappa shape index (κ1) is 17.1. The first-order valence-electron chi connectivity index (χ1n) is 7.98. The Bertz CT molecular complexity index is 804. The van der Waals surface area contributed by atoms with Crippen LogP contribution in [0.4, 0.5) is 14.5 Å². The summed E-state index contributed by atoms with van der Waals surface area (Å²) in [7, 11) is 1.65. The molecule has 2 amide bonds. The van der Waals surface area contributed by atoms with Gasteiger partial charge in [0.25, 0.3) is 0 Å². The van der Waals surface area contributed by atoms with E-state index in [4.69, 9.17) is 0 Å². The Morgan fingerprint density at radius 1 is 1.08 bits per heavy atom. The Labute approximate surface area is 144 Å². The number of nitrogens with one attached hydrogen (secondary N) is 1. The third kappa shape index (κ3) is 3.52. The summed E-state index contributed by atoms with van der Waals surface area (Å²) < 4.78 is 26.2. The van der Waals surface area contributed by atoms with Gasteiger partial charge in [0.2, 0.25) is 11.8 Å². The standard InChI is InChI=1S/C19H18F2N2O2/c1-23(12-13-5-3-2-4-6-13)18(25)19(9-10-19)17(24)22-14-7-8-15(20)16(21)11-14/h2-8,11H,9-10,12H2,1H3,(H,22,24). The molecule has 2 aromatic rings. The van der Waals surface area contributed by atoms with Crippen LogP contribution in [0, 0.1) is 17.0 Å². The fourth-order valence-electron chi connectivity index (χ4n) is 2.78. The first-order valence-corrected chi connectivity index (χ1v) is 7.98. The summed E-state index contributed by atoms with van der Waals surface area (Å²) in [6, 6.07) is 12.6. The second-order valence-corrected chi connectivity index (χ2v) is 6.31. The topological polar surface area (TPSA) is 49.4 Å². The van der Waals surface area contributed by atoms with Gasteiger partial charge in [-0.05, 0) is 30.5 Å². The zero-order valence-corrected chi connectivity index (χ0v) is 13.8. The van der Waals surface area contributed by atoms with Gasteiger partial charge in [0.05, 0.1) is 0 Å². The number of nitrogens with zero attached hydrogens (tertiary/aromatic N) is 1. The molecule has 0 aromatic heterocycles. The summed E-state index contributed by atoms with van der Waals surface area (Å²) in [5.41, 5.74) is -0.0159. The Morgan fingerprint density at radius 3 is 2.36 bits per heavy atom. The highest BCUT2D eigenvalue weighted by atomic mass is 19.2. The lowest BCUT2D eigenvalue weighted by molar-refractivity contribution is -0.141. The number of benzene rings is 2. The molecular formula is C19H18F2N2O2. The fraction of sp³-hybridized carbons (Fsp3) is 0.263. The number of hydrogen-bond donors (Lipinski definition) is 1. The van der Waals surface area contributed by atoms with Crippen LogP contribution >= 0.6 is 0 Å². The molecule has 4 nitrogen and oxygen atoms in total. The minimum absolute atomic E-state index is 0.133. The van der Waals surface area contributed by atoms with Crippen LogP contribution in [-0.2, 0) is 16.1 Å². The number of halogens is 2. The predicted octanol–water partition coefficient (Wildman–Crippen LogP) is 3.34. The predicted molar refractivity (Wildman–Crippen MR) is 89.6 cm³/mol. The van der Waals surface area contributed by atoms with Gasteiger partial charge in [-0.15, -0.1) is 0 Å². The Morgan fingerprint density at radius 2 is 1.76 bits per heavy atom. The molecule has 0 radical (unpaired) electrons. The quantitative estimate of drug-likeness (QED) is 0.846. The molecule has 1 saturated carbocycles. The third-order valence-electron chi connectivity index (χ3n) is 4.38. The number of rotatable bonds is 5. The summed E-state index contributed by atoms with van der Waals surface area (Å²) in [5, 5.41) is 2.52. The monoisotopic (exact) mass is 344 g/mol. The van der Waals surface area contributed by atoms with Gasteiger partial charge in [-0.3, -0.25) is 9.59 Å². The van der Waals surface area contributed by atoms with E-state index < -0.39 is 23.0 Å². The van der Waals surface area contributed by atoms with Crippen molar-refractivity contribution in [2.75, 3.05) is 12.4 Å². The first-order chi connectivity index (χ1) is 11.9. The highest BCUT2D eigenvalue weighted by Crippen LogP contribution is 2.48. The van der Waals surface area contributed by atoms with Crippen molar-refractivity contribution in [1.29, 1.82) is 0 Å². The second-order valence-electron chi connectivity index (χ2n) is 6.31. The van der Waals surface area contributed by atoms with E-state index in [1.54, 1.807) is 7.05 Å². The molecule has 25 heavy (non-hydrogen) atoms. The average molecular weight is 344 g/mol. The summed E-state index contributed by atoms with van der Waals surface area (Å²) in [6.07, 6.45) is 0.890. The van der Waals surface area contributed by atoms with Gasteiger partial charge in [0, 0.05) is 25.3 Å². The lowest BCUT2D eigenvalue weighted by Gasteiger charge is -2.23. The number of carbonyl (C=O) groups excluding carboxylic acids is 2. The molecule has 2 aromatic carbocycles. The molecule has 130 valence electrons. The molecule has 0 heterocycles. The van der Waals surface area contributed by atoms with Crippen LogP contribution < -0.4 is 5.32 Å². The van der Waals surface area contributed by atoms with Crippen molar-refractivity contribution in [3.05, 3.63) is 65.7 Å². The van der Waals surface area contributed by atoms with Crippen LogP contribution in [0.25, 0.3) is 0 Å². The molecule has 1 fully saturated rings. The van der Waals surface area contributed by atoms with Crippen molar-refractivity contribution in [3.63, 3.8) is 0 Å². The third-order valence-corrected chi connectivity index (χ3v) is 4.38. The number of carbonyl (C=O) groups is 2. The van der Waals surface area contributed by atoms with Crippen LogP contribution in [0.2, 0.25) is 0 Å². The van der Waals surface area contributed by atoms with Gasteiger partial charge in [0.1, 0.15) is 5.41 Å². The number of hydrogen-bond acceptors (Lipinski definition) is 2. The van der Waals surface area contributed by atoms with Crippen molar-refractivity contribution >= 4 is 17.5 Å². The highest BCUT2D eigenvalue weighted by Gasteiger charge is 2.57. The van der Waals surface area contributed by atoms with E-state index in [2.05, 4.69) is 5.32 Å². The zero-order chi connectivity index (χ0) is 18.0. The van der Waals surface area contributed by atoms with Crippen molar-refractivity contribution in [2.45, 2.75) is 19.4 Å². The van der Waals surface area contributed by atoms with Crippen LogP contribution in [0.15, 0.2) is 48.5 Å². The summed E-state index contributed by atoms with van der Waals surface area (Å²) >= 11 is 0. The van der Waals surface area contributed by atoms with E-state index >= 15 is 0 Å². The molecule has 0 bridgehead atoms. The van der Waals surface area contributed by atoms with Crippen molar-refractivity contribution in [1.82, 2.24) is 4.90 Å². The van der Waals surface area contributed by atoms with Crippen LogP contribution in [0.5, 0.6) is 0 Å². The lowest BCUT2D eigenvalue weighted by atomic mass is 10.0. The second kappa shape index (κ2) is 6.63. The van der Waals surface area contributed by atoms with E-state index in [1.807, 2.05) is 30.3 Å². The maximum Gasteiger partial charge on any atom is 0.240 e. The minimum atomic E-state index is -1.12. The van der Waals surface area contributed by atoms with Gasteiger partial charge < -0.3 is 10.2 Å². The molecule has 0 spiro atoms. The summed E-state index contributed by atoms with van der Waals surface area (Å²) in [6.45, 7) is 0.403. The lowest BCUT2D eigenvalue weighted by Crippen LogP contribution is -2.40. The van der Waals surface area contributed by atoms with E-state index in [1.165, 1.54) is 11.0 Å². The van der Waals surface area contributed by atoms with Crippen molar-refractivity contribution < 1.29 is 18.4 Å². The summed E-state index contributed by atoms with van der Waals surface area (Å²) in [5.74, 6) is -2.78. The molecule has 3 rings (SSSR count). The van der Waals surface area contributed by atoms with Crippen LogP contribution in [-0.4, -0.2) is 23.8 Å². The maximum absolute atomic E-state index is 13.3. The molecule has 0 unspecified atom stereocenters. The SMILES string of the molecule is CN(Cc1ccccc1)C(=O)C1(C(=O)Nc2ccc(F)c(F)c2)CC1. The molecule has 1 aliphatic carbocycles. The van der Waals surface area contributed by atoms with Gasteiger partial charge in [0.15, 0.2) is 11.6 Å². The van der Waals surface area contributed by atoms with Gasteiger partial charge >= 0.3 is 0 Å². The van der Waals surface area contributed by atoms with Gasteiger partial charge in [-0.1, -0.05) is 30.3 Å². The Balaban J connectivity index is 1.69. The maximum atomic E-state index is 13.3. The minimum Gasteiger partial charge on any atom is -0.340 e. The highest BCUT2D eigenvalue weighted by molar-refractivity contribution is 6.12. The molecule has 6 heteroatoms. The fourth-order valence-corrected chi connectivity index (χ4v) is 2.78.